The fraction of sp³-hybridized carbons (Fsp3) is 0.105. The van der Waals surface area contributed by atoms with E-state index < -0.39 is 0 Å². The molecular weight excluding hydrogens is 350 g/mol. The number of para-hydroxylation sites is 1. The van der Waals surface area contributed by atoms with Gasteiger partial charge in [-0.3, -0.25) is 0 Å². The van der Waals surface area contributed by atoms with Crippen molar-refractivity contribution < 1.29 is 4.74 Å². The number of aromatic nitrogens is 4. The number of rotatable bonds is 6. The number of halogens is 1. The van der Waals surface area contributed by atoms with Crippen LogP contribution in [0.2, 0.25) is 5.02 Å². The van der Waals surface area contributed by atoms with E-state index in [2.05, 4.69) is 20.4 Å². The first-order valence-corrected chi connectivity index (χ1v) is 8.55. The number of anilines is 1. The van der Waals surface area contributed by atoms with Gasteiger partial charge >= 0.3 is 0 Å². The van der Waals surface area contributed by atoms with Gasteiger partial charge in [0.2, 0.25) is 5.88 Å². The molecule has 0 amide bonds. The van der Waals surface area contributed by atoms with Gasteiger partial charge in [0.1, 0.15) is 18.8 Å². The number of nitrogens with one attached hydrogen (secondary N) is 1. The molecule has 26 heavy (non-hydrogen) atoms. The Morgan fingerprint density at radius 1 is 1.00 bits per heavy atom. The highest BCUT2D eigenvalue weighted by molar-refractivity contribution is 6.30. The quantitative estimate of drug-likeness (QED) is 0.524. The lowest BCUT2D eigenvalue weighted by atomic mass is 10.2. The van der Waals surface area contributed by atoms with Crippen molar-refractivity contribution in [3.8, 4) is 11.6 Å². The molecule has 1 N–H and O–H groups in total. The Balaban J connectivity index is 1.34. The van der Waals surface area contributed by atoms with Crippen LogP contribution in [0.1, 0.15) is 0 Å². The van der Waals surface area contributed by atoms with E-state index in [1.807, 2.05) is 60.8 Å². The molecule has 0 aliphatic rings. The van der Waals surface area contributed by atoms with Gasteiger partial charge in [0.25, 0.3) is 0 Å². The summed E-state index contributed by atoms with van der Waals surface area (Å²) in [4.78, 5) is 8.55. The molecule has 0 aliphatic heterocycles. The van der Waals surface area contributed by atoms with E-state index in [-0.39, 0.29) is 0 Å². The maximum atomic E-state index is 5.91. The molecule has 0 atom stereocenters. The van der Waals surface area contributed by atoms with E-state index in [0.717, 1.165) is 22.4 Å². The molecule has 6 nitrogen and oxygen atoms in total. The standard InChI is InChI=1S/C19H16ClN5O/c20-14-5-7-15(8-6-14)25-11-9-18(24-25)26-12-10-21-19-16-3-1-2-4-17(16)22-13-23-19/h1-9,11,13H,10,12H2,(H,21,22,23). The monoisotopic (exact) mass is 365 g/mol. The third-order valence-corrected chi connectivity index (χ3v) is 4.10. The third-order valence-electron chi connectivity index (χ3n) is 3.84. The predicted octanol–water partition coefficient (Wildman–Crippen LogP) is 3.96. The summed E-state index contributed by atoms with van der Waals surface area (Å²) in [5, 5.41) is 9.36. The average molecular weight is 366 g/mol. The molecule has 0 radical (unpaired) electrons. The molecule has 7 heteroatoms. The van der Waals surface area contributed by atoms with Crippen molar-refractivity contribution in [3.05, 3.63) is 72.1 Å². The van der Waals surface area contributed by atoms with Crippen molar-refractivity contribution in [1.82, 2.24) is 19.7 Å². The number of ether oxygens (including phenoxy) is 1. The minimum Gasteiger partial charge on any atom is -0.475 e. The summed E-state index contributed by atoms with van der Waals surface area (Å²) in [5.74, 6) is 1.36. The second kappa shape index (κ2) is 7.41. The molecular formula is C19H16ClN5O. The number of nitrogens with zero attached hydrogens (tertiary/aromatic N) is 4. The van der Waals surface area contributed by atoms with Gasteiger partial charge in [0, 0.05) is 22.7 Å². The number of hydrogen-bond donors (Lipinski definition) is 1. The van der Waals surface area contributed by atoms with Gasteiger partial charge in [0.05, 0.1) is 17.7 Å². The van der Waals surface area contributed by atoms with Crippen molar-refractivity contribution >= 4 is 28.3 Å². The van der Waals surface area contributed by atoms with Crippen LogP contribution in [0.5, 0.6) is 5.88 Å². The fourth-order valence-electron chi connectivity index (χ4n) is 2.59. The second-order valence-corrected chi connectivity index (χ2v) is 6.03. The first-order valence-electron chi connectivity index (χ1n) is 8.18. The Kier molecular flexibility index (Phi) is 4.66. The lowest BCUT2D eigenvalue weighted by molar-refractivity contribution is 0.317. The summed E-state index contributed by atoms with van der Waals surface area (Å²) >= 11 is 5.91. The maximum absolute atomic E-state index is 5.91. The first kappa shape index (κ1) is 16.4. The molecule has 130 valence electrons. The van der Waals surface area contributed by atoms with Crippen LogP contribution in [-0.4, -0.2) is 32.9 Å². The molecule has 0 spiro atoms. The van der Waals surface area contributed by atoms with Crippen LogP contribution < -0.4 is 10.1 Å². The highest BCUT2D eigenvalue weighted by Gasteiger charge is 2.04. The predicted molar refractivity (Wildman–Crippen MR) is 102 cm³/mol. The van der Waals surface area contributed by atoms with E-state index in [4.69, 9.17) is 16.3 Å². The van der Waals surface area contributed by atoms with E-state index in [9.17, 15) is 0 Å². The fourth-order valence-corrected chi connectivity index (χ4v) is 2.72. The molecule has 0 fully saturated rings. The van der Waals surface area contributed by atoms with Gasteiger partial charge in [-0.25, -0.2) is 14.6 Å². The zero-order valence-corrected chi connectivity index (χ0v) is 14.6. The first-order chi connectivity index (χ1) is 12.8. The van der Waals surface area contributed by atoms with Crippen molar-refractivity contribution in [2.24, 2.45) is 0 Å². The Hall–Kier alpha value is -3.12. The zero-order valence-electron chi connectivity index (χ0n) is 13.8. The van der Waals surface area contributed by atoms with Crippen LogP contribution in [0.25, 0.3) is 16.6 Å². The number of benzene rings is 2. The molecule has 0 bridgehead atoms. The molecule has 0 aliphatic carbocycles. The van der Waals surface area contributed by atoms with Gasteiger partial charge in [-0.05, 0) is 36.4 Å². The summed E-state index contributed by atoms with van der Waals surface area (Å²) < 4.78 is 7.45. The molecule has 2 aromatic heterocycles. The van der Waals surface area contributed by atoms with E-state index in [0.29, 0.717) is 24.1 Å². The highest BCUT2D eigenvalue weighted by atomic mass is 35.5. The van der Waals surface area contributed by atoms with Gasteiger partial charge in [0.15, 0.2) is 0 Å². The molecule has 4 aromatic rings. The summed E-state index contributed by atoms with van der Waals surface area (Å²) in [6, 6.07) is 17.2. The van der Waals surface area contributed by atoms with Gasteiger partial charge in [-0.1, -0.05) is 23.7 Å². The zero-order chi connectivity index (χ0) is 17.8. The molecule has 2 heterocycles. The normalized spacial score (nSPS) is 10.8. The topological polar surface area (TPSA) is 64.9 Å². The van der Waals surface area contributed by atoms with Crippen molar-refractivity contribution in [1.29, 1.82) is 0 Å². The Morgan fingerprint density at radius 3 is 2.73 bits per heavy atom. The van der Waals surface area contributed by atoms with Gasteiger partial charge in [-0.15, -0.1) is 5.10 Å². The molecule has 0 saturated carbocycles. The van der Waals surface area contributed by atoms with Crippen LogP contribution in [0, 0.1) is 0 Å². The molecule has 0 unspecified atom stereocenters. The Morgan fingerprint density at radius 2 is 1.85 bits per heavy atom. The average Bonchev–Trinajstić information content (AvgIpc) is 3.15. The van der Waals surface area contributed by atoms with Crippen LogP contribution in [0.15, 0.2) is 67.1 Å². The smallest absolute Gasteiger partial charge is 0.233 e. The lowest BCUT2D eigenvalue weighted by Gasteiger charge is -2.08. The van der Waals surface area contributed by atoms with E-state index >= 15 is 0 Å². The van der Waals surface area contributed by atoms with Gasteiger partial charge in [-0.2, -0.15) is 0 Å². The highest BCUT2D eigenvalue weighted by Crippen LogP contribution is 2.18. The van der Waals surface area contributed by atoms with E-state index in [1.54, 1.807) is 11.0 Å². The largest absolute Gasteiger partial charge is 0.475 e. The summed E-state index contributed by atoms with van der Waals surface area (Å²) in [7, 11) is 0. The maximum Gasteiger partial charge on any atom is 0.233 e. The summed E-state index contributed by atoms with van der Waals surface area (Å²) in [6.45, 7) is 1.07. The third kappa shape index (κ3) is 3.60. The lowest BCUT2D eigenvalue weighted by Crippen LogP contribution is -2.13. The van der Waals surface area contributed by atoms with Crippen LogP contribution in [-0.2, 0) is 0 Å². The summed E-state index contributed by atoms with van der Waals surface area (Å²) in [6.07, 6.45) is 3.41. The Labute approximate surface area is 155 Å². The Bertz CT molecular complexity index is 1010. The molecule has 4 rings (SSSR count). The van der Waals surface area contributed by atoms with Crippen molar-refractivity contribution in [3.63, 3.8) is 0 Å². The van der Waals surface area contributed by atoms with Crippen molar-refractivity contribution in [2.75, 3.05) is 18.5 Å². The second-order valence-electron chi connectivity index (χ2n) is 5.59. The number of hydrogen-bond acceptors (Lipinski definition) is 5. The number of fused-ring (bicyclic) bond motifs is 1. The van der Waals surface area contributed by atoms with Crippen LogP contribution in [0.3, 0.4) is 0 Å². The minimum atomic E-state index is 0.468. The minimum absolute atomic E-state index is 0.468. The molecule has 0 saturated heterocycles. The van der Waals surface area contributed by atoms with Crippen LogP contribution in [0.4, 0.5) is 5.82 Å². The van der Waals surface area contributed by atoms with Crippen LogP contribution >= 0.6 is 11.6 Å². The van der Waals surface area contributed by atoms with Gasteiger partial charge < -0.3 is 10.1 Å². The molecule has 2 aromatic carbocycles. The summed E-state index contributed by atoms with van der Waals surface area (Å²) in [5.41, 5.74) is 1.84. The van der Waals surface area contributed by atoms with Crippen molar-refractivity contribution in [2.45, 2.75) is 0 Å². The SMILES string of the molecule is Clc1ccc(-n2ccc(OCCNc3ncnc4ccccc34)n2)cc1. The van der Waals surface area contributed by atoms with E-state index in [1.165, 1.54) is 0 Å².